The van der Waals surface area contributed by atoms with E-state index in [2.05, 4.69) is 31.4 Å². The number of methoxy groups -OCH3 is 2. The van der Waals surface area contributed by atoms with Gasteiger partial charge in [-0.05, 0) is 18.6 Å². The van der Waals surface area contributed by atoms with Gasteiger partial charge in [-0.1, -0.05) is 13.8 Å². The van der Waals surface area contributed by atoms with Gasteiger partial charge in [0.25, 0.3) is 0 Å². The first kappa shape index (κ1) is 15.8. The molecule has 0 unspecified atom stereocenters. The number of rotatable bonds is 8. The van der Waals surface area contributed by atoms with Crippen LogP contribution in [0.4, 0.5) is 0 Å². The Balaban J connectivity index is 2.57. The molecule has 108 valence electrons. The Morgan fingerprint density at radius 3 is 2.42 bits per heavy atom. The zero-order valence-electron chi connectivity index (χ0n) is 12.7. The quantitative estimate of drug-likeness (QED) is 0.707. The van der Waals surface area contributed by atoms with Crippen LogP contribution in [-0.2, 0) is 6.54 Å². The van der Waals surface area contributed by atoms with Gasteiger partial charge in [-0.15, -0.1) is 0 Å². The summed E-state index contributed by atoms with van der Waals surface area (Å²) < 4.78 is 10.7. The van der Waals surface area contributed by atoms with Gasteiger partial charge in [0.05, 0.1) is 14.2 Å². The van der Waals surface area contributed by atoms with E-state index < -0.39 is 0 Å². The summed E-state index contributed by atoms with van der Waals surface area (Å²) in [6, 6.07) is 4.49. The van der Waals surface area contributed by atoms with E-state index in [1.165, 1.54) is 11.1 Å². The maximum absolute atomic E-state index is 5.43. The smallest absolute Gasteiger partial charge is 0.127 e. The number of hydrogen-bond donors (Lipinski definition) is 2. The maximum Gasteiger partial charge on any atom is 0.127 e. The van der Waals surface area contributed by atoms with Gasteiger partial charge >= 0.3 is 0 Å². The lowest BCUT2D eigenvalue weighted by Gasteiger charge is -2.15. The van der Waals surface area contributed by atoms with Crippen LogP contribution in [-0.4, -0.2) is 33.4 Å². The summed E-state index contributed by atoms with van der Waals surface area (Å²) in [5, 5.41) is 6.81. The average Bonchev–Trinajstić information content (AvgIpc) is 2.38. The first-order chi connectivity index (χ1) is 9.08. The lowest BCUT2D eigenvalue weighted by atomic mass is 10.1. The van der Waals surface area contributed by atoms with Crippen LogP contribution in [0.2, 0.25) is 0 Å². The predicted octanol–water partition coefficient (Wildman–Crippen LogP) is 2.10. The summed E-state index contributed by atoms with van der Waals surface area (Å²) in [6.07, 6.45) is 0. The minimum atomic E-state index is 0.527. The SMILES string of the molecule is COc1cc(C)c(CNCCNC(C)C)c(OC)c1. The van der Waals surface area contributed by atoms with Crippen LogP contribution in [0, 0.1) is 6.92 Å². The first-order valence-corrected chi connectivity index (χ1v) is 6.74. The summed E-state index contributed by atoms with van der Waals surface area (Å²) in [4.78, 5) is 0. The summed E-state index contributed by atoms with van der Waals surface area (Å²) in [5.41, 5.74) is 2.37. The molecule has 2 N–H and O–H groups in total. The standard InChI is InChI=1S/C15H26N2O2/c1-11(2)17-7-6-16-10-14-12(3)8-13(18-4)9-15(14)19-5/h8-9,11,16-17H,6-7,10H2,1-5H3. The van der Waals surface area contributed by atoms with Gasteiger partial charge in [0.2, 0.25) is 0 Å². The highest BCUT2D eigenvalue weighted by Gasteiger charge is 2.08. The lowest BCUT2D eigenvalue weighted by molar-refractivity contribution is 0.389. The van der Waals surface area contributed by atoms with Crippen molar-refractivity contribution < 1.29 is 9.47 Å². The fourth-order valence-electron chi connectivity index (χ4n) is 1.94. The number of aryl methyl sites for hydroxylation is 1. The molecule has 1 aromatic rings. The number of benzene rings is 1. The van der Waals surface area contributed by atoms with Gasteiger partial charge < -0.3 is 20.1 Å². The van der Waals surface area contributed by atoms with E-state index in [1.54, 1.807) is 14.2 Å². The molecule has 19 heavy (non-hydrogen) atoms. The molecule has 0 fully saturated rings. The van der Waals surface area contributed by atoms with Gasteiger partial charge in [-0.25, -0.2) is 0 Å². The minimum Gasteiger partial charge on any atom is -0.497 e. The average molecular weight is 266 g/mol. The molecule has 1 rings (SSSR count). The van der Waals surface area contributed by atoms with Crippen molar-refractivity contribution in [2.75, 3.05) is 27.3 Å². The number of hydrogen-bond acceptors (Lipinski definition) is 4. The Morgan fingerprint density at radius 1 is 1.11 bits per heavy atom. The summed E-state index contributed by atoms with van der Waals surface area (Å²) >= 11 is 0. The lowest BCUT2D eigenvalue weighted by Crippen LogP contribution is -2.31. The fourth-order valence-corrected chi connectivity index (χ4v) is 1.94. The third-order valence-corrected chi connectivity index (χ3v) is 3.02. The molecule has 0 aliphatic heterocycles. The molecule has 0 spiro atoms. The molecule has 0 saturated carbocycles. The largest absolute Gasteiger partial charge is 0.497 e. The molecule has 0 radical (unpaired) electrons. The van der Waals surface area contributed by atoms with Crippen LogP contribution in [0.25, 0.3) is 0 Å². The summed E-state index contributed by atoms with van der Waals surface area (Å²) in [7, 11) is 3.36. The highest BCUT2D eigenvalue weighted by molar-refractivity contribution is 5.46. The van der Waals surface area contributed by atoms with Crippen molar-refractivity contribution in [3.8, 4) is 11.5 Å². The molecule has 0 aliphatic carbocycles. The molecule has 0 bridgehead atoms. The van der Waals surface area contributed by atoms with Crippen molar-refractivity contribution in [3.63, 3.8) is 0 Å². The Labute approximate surface area is 116 Å². The Bertz CT molecular complexity index is 392. The van der Waals surface area contributed by atoms with Crippen molar-refractivity contribution in [3.05, 3.63) is 23.3 Å². The van der Waals surface area contributed by atoms with Gasteiger partial charge in [0.15, 0.2) is 0 Å². The van der Waals surface area contributed by atoms with Crippen LogP contribution in [0.15, 0.2) is 12.1 Å². The van der Waals surface area contributed by atoms with E-state index in [-0.39, 0.29) is 0 Å². The Morgan fingerprint density at radius 2 is 1.84 bits per heavy atom. The van der Waals surface area contributed by atoms with Crippen molar-refractivity contribution in [2.45, 2.75) is 33.4 Å². The van der Waals surface area contributed by atoms with Gasteiger partial charge in [-0.2, -0.15) is 0 Å². The second-order valence-corrected chi connectivity index (χ2v) is 4.91. The van der Waals surface area contributed by atoms with Crippen LogP contribution in [0.5, 0.6) is 11.5 Å². The molecular weight excluding hydrogens is 240 g/mol. The van der Waals surface area contributed by atoms with Crippen molar-refractivity contribution in [2.24, 2.45) is 0 Å². The van der Waals surface area contributed by atoms with Crippen molar-refractivity contribution in [1.82, 2.24) is 10.6 Å². The van der Waals surface area contributed by atoms with E-state index >= 15 is 0 Å². The van der Waals surface area contributed by atoms with Crippen LogP contribution in [0.3, 0.4) is 0 Å². The van der Waals surface area contributed by atoms with E-state index in [0.717, 1.165) is 31.1 Å². The summed E-state index contributed by atoms with van der Waals surface area (Å²) in [5.74, 6) is 1.71. The fraction of sp³-hybridized carbons (Fsp3) is 0.600. The topological polar surface area (TPSA) is 42.5 Å². The second kappa shape index (κ2) is 8.02. The molecule has 0 saturated heterocycles. The third kappa shape index (κ3) is 5.09. The van der Waals surface area contributed by atoms with Crippen LogP contribution < -0.4 is 20.1 Å². The molecule has 0 atom stereocenters. The van der Waals surface area contributed by atoms with E-state index in [9.17, 15) is 0 Å². The first-order valence-electron chi connectivity index (χ1n) is 6.74. The zero-order chi connectivity index (χ0) is 14.3. The van der Waals surface area contributed by atoms with Crippen molar-refractivity contribution in [1.29, 1.82) is 0 Å². The van der Waals surface area contributed by atoms with Gasteiger partial charge in [-0.3, -0.25) is 0 Å². The molecule has 4 nitrogen and oxygen atoms in total. The monoisotopic (exact) mass is 266 g/mol. The van der Waals surface area contributed by atoms with E-state index in [0.29, 0.717) is 6.04 Å². The molecule has 0 amide bonds. The van der Waals surface area contributed by atoms with Crippen molar-refractivity contribution >= 4 is 0 Å². The molecule has 0 aliphatic rings. The third-order valence-electron chi connectivity index (χ3n) is 3.02. The number of ether oxygens (including phenoxy) is 2. The highest BCUT2D eigenvalue weighted by atomic mass is 16.5. The molecule has 0 aromatic heterocycles. The normalized spacial score (nSPS) is 10.8. The Hall–Kier alpha value is -1.26. The zero-order valence-corrected chi connectivity index (χ0v) is 12.7. The highest BCUT2D eigenvalue weighted by Crippen LogP contribution is 2.28. The molecule has 1 aromatic carbocycles. The number of nitrogens with one attached hydrogen (secondary N) is 2. The van der Waals surface area contributed by atoms with Gasteiger partial charge in [0, 0.05) is 37.3 Å². The molecule has 0 heterocycles. The van der Waals surface area contributed by atoms with E-state index in [1.807, 2.05) is 12.1 Å². The van der Waals surface area contributed by atoms with Crippen LogP contribution in [0.1, 0.15) is 25.0 Å². The van der Waals surface area contributed by atoms with E-state index in [4.69, 9.17) is 9.47 Å². The summed E-state index contributed by atoms with van der Waals surface area (Å²) in [6.45, 7) is 9.09. The Kier molecular flexibility index (Phi) is 6.67. The molecule has 4 heteroatoms. The minimum absolute atomic E-state index is 0.527. The van der Waals surface area contributed by atoms with Gasteiger partial charge in [0.1, 0.15) is 11.5 Å². The molecular formula is C15H26N2O2. The predicted molar refractivity (Wildman–Crippen MR) is 79.1 cm³/mol. The second-order valence-electron chi connectivity index (χ2n) is 4.91. The van der Waals surface area contributed by atoms with Crippen LogP contribution >= 0.6 is 0 Å². The maximum atomic E-state index is 5.43.